The van der Waals surface area contributed by atoms with Gasteiger partial charge in [-0.15, -0.1) is 0 Å². The van der Waals surface area contributed by atoms with Gasteiger partial charge in [0, 0.05) is 19.6 Å². The Bertz CT molecular complexity index is 438. The Labute approximate surface area is 205 Å². The van der Waals surface area contributed by atoms with Crippen LogP contribution in [0.1, 0.15) is 110 Å². The van der Waals surface area contributed by atoms with Crippen molar-refractivity contribution >= 4 is 13.8 Å². The van der Waals surface area contributed by atoms with E-state index in [9.17, 15) is 19.4 Å². The molecule has 0 rings (SSSR count). The van der Waals surface area contributed by atoms with Gasteiger partial charge in [0.15, 0.2) is 0 Å². The molecule has 0 heterocycles. The van der Waals surface area contributed by atoms with Crippen molar-refractivity contribution in [3.8, 4) is 0 Å². The largest absolute Gasteiger partial charge is 1.00 e. The van der Waals surface area contributed by atoms with E-state index >= 15 is 0 Å². The topological polar surface area (TPSA) is 116 Å². The fourth-order valence-corrected chi connectivity index (χ4v) is 3.83. The van der Waals surface area contributed by atoms with Crippen molar-refractivity contribution < 1.29 is 63.1 Å². The van der Waals surface area contributed by atoms with Crippen LogP contribution in [0.3, 0.4) is 0 Å². The van der Waals surface area contributed by atoms with Gasteiger partial charge in [-0.2, -0.15) is 0 Å². The molecule has 0 amide bonds. The molecular formula is C21H42NaO7P. The summed E-state index contributed by atoms with van der Waals surface area (Å²) in [6, 6.07) is 0. The van der Waals surface area contributed by atoms with Crippen molar-refractivity contribution in [1.29, 1.82) is 0 Å². The molecule has 0 saturated carbocycles. The first kappa shape index (κ1) is 32.7. The molecule has 0 aromatic rings. The van der Waals surface area contributed by atoms with E-state index < -0.39 is 33.1 Å². The number of aliphatic hydroxyl groups is 1. The molecule has 0 spiro atoms. The van der Waals surface area contributed by atoms with Crippen LogP contribution >= 0.6 is 7.82 Å². The van der Waals surface area contributed by atoms with E-state index in [4.69, 9.17) is 5.11 Å². The van der Waals surface area contributed by atoms with Crippen molar-refractivity contribution in [2.24, 2.45) is 0 Å². The summed E-state index contributed by atoms with van der Waals surface area (Å²) in [6.07, 6.45) is 16.8. The molecule has 174 valence electrons. The van der Waals surface area contributed by atoms with Gasteiger partial charge < -0.3 is 14.7 Å². The zero-order valence-corrected chi connectivity index (χ0v) is 22.1. The second-order valence-corrected chi connectivity index (χ2v) is 9.11. The molecule has 0 saturated heterocycles. The quantitative estimate of drug-likeness (QED) is 0.152. The molecule has 30 heavy (non-hydrogen) atoms. The molecule has 0 bridgehead atoms. The maximum absolute atomic E-state index is 11.5. The number of phosphoric ester groups is 1. The maximum Gasteiger partial charge on any atom is 1.00 e. The molecule has 9 heteroatoms. The summed E-state index contributed by atoms with van der Waals surface area (Å²) >= 11 is 0. The minimum absolute atomic E-state index is 0. The van der Waals surface area contributed by atoms with Crippen LogP contribution < -0.4 is 34.7 Å². The number of unbranched alkanes of at least 4 members (excludes halogenated alkanes) is 14. The van der Waals surface area contributed by atoms with Crippen molar-refractivity contribution in [3.05, 3.63) is 0 Å². The van der Waals surface area contributed by atoms with Crippen LogP contribution in [0.5, 0.6) is 0 Å². The summed E-state index contributed by atoms with van der Waals surface area (Å²) in [6.45, 7) is 0.845. The van der Waals surface area contributed by atoms with Gasteiger partial charge in [0.2, 0.25) is 0 Å². The van der Waals surface area contributed by atoms with Crippen LogP contribution in [-0.4, -0.2) is 35.3 Å². The van der Waals surface area contributed by atoms with E-state index in [0.29, 0.717) is 6.42 Å². The van der Waals surface area contributed by atoms with Crippen LogP contribution in [0.4, 0.5) is 0 Å². The van der Waals surface area contributed by atoms with Crippen molar-refractivity contribution in [3.63, 3.8) is 0 Å². The summed E-state index contributed by atoms with van der Waals surface area (Å²) in [5, 5.41) is 19.5. The summed E-state index contributed by atoms with van der Waals surface area (Å²) in [4.78, 5) is 20.9. The maximum atomic E-state index is 11.5. The Morgan fingerprint density at radius 2 is 1.27 bits per heavy atom. The third-order valence-corrected chi connectivity index (χ3v) is 5.74. The van der Waals surface area contributed by atoms with E-state index in [1.165, 1.54) is 70.6 Å². The molecule has 2 unspecified atom stereocenters. The molecule has 0 radical (unpaired) electrons. The first-order valence-electron chi connectivity index (χ1n) is 11.4. The molecule has 0 aliphatic rings. The molecule has 7 nitrogen and oxygen atoms in total. The Morgan fingerprint density at radius 3 is 1.67 bits per heavy atom. The molecular weight excluding hydrogens is 418 g/mol. The average Bonchev–Trinajstić information content (AvgIpc) is 2.68. The number of aliphatic hydroxyl groups excluding tert-OH is 1. The molecule has 0 aliphatic carbocycles. The third kappa shape index (κ3) is 23.2. The van der Waals surface area contributed by atoms with Crippen molar-refractivity contribution in [2.45, 2.75) is 116 Å². The predicted octanol–water partition coefficient (Wildman–Crippen LogP) is 1.63. The smallest absolute Gasteiger partial charge is 0.849 e. The minimum atomic E-state index is -4.57. The second kappa shape index (κ2) is 22.7. The number of carbonyl (C=O) groups excluding carboxylic acids is 1. The third-order valence-electron chi connectivity index (χ3n) is 4.83. The average molecular weight is 461 g/mol. The first-order chi connectivity index (χ1) is 13.9. The monoisotopic (exact) mass is 460 g/mol. The van der Waals surface area contributed by atoms with Gasteiger partial charge in [0.1, 0.15) is 0 Å². The minimum Gasteiger partial charge on any atom is -0.849 e. The van der Waals surface area contributed by atoms with Gasteiger partial charge in [0.25, 0.3) is 0 Å². The molecule has 0 aromatic carbocycles. The van der Waals surface area contributed by atoms with E-state index in [1.54, 1.807) is 0 Å². The van der Waals surface area contributed by atoms with Gasteiger partial charge >= 0.3 is 43.3 Å². The summed E-state index contributed by atoms with van der Waals surface area (Å²) < 4.78 is 20.2. The number of phosphoric acid groups is 1. The summed E-state index contributed by atoms with van der Waals surface area (Å²) in [7, 11) is -4.57. The van der Waals surface area contributed by atoms with Gasteiger partial charge in [-0.3, -0.25) is 14.2 Å². The van der Waals surface area contributed by atoms with Gasteiger partial charge in [-0.1, -0.05) is 103 Å². The number of rotatable bonds is 21. The number of carbonyl (C=O) groups is 1. The SMILES string of the molecule is CCCCCCCCCCCCCCCCCC(=O)OP(=O)(O)OCC([O-])CO.[Na+]. The van der Waals surface area contributed by atoms with Crippen molar-refractivity contribution in [2.75, 3.05) is 13.2 Å². The Morgan fingerprint density at radius 1 is 0.867 bits per heavy atom. The van der Waals surface area contributed by atoms with E-state index in [0.717, 1.165) is 19.3 Å². The normalized spacial score (nSPS) is 14.0. The zero-order valence-electron chi connectivity index (χ0n) is 19.2. The van der Waals surface area contributed by atoms with Crippen LogP contribution in [0.15, 0.2) is 0 Å². The molecule has 0 aromatic heterocycles. The van der Waals surface area contributed by atoms with Crippen LogP contribution in [0.2, 0.25) is 0 Å². The molecule has 2 atom stereocenters. The first-order valence-corrected chi connectivity index (χ1v) is 12.9. The van der Waals surface area contributed by atoms with E-state index in [-0.39, 0.29) is 36.0 Å². The second-order valence-electron chi connectivity index (χ2n) is 7.73. The summed E-state index contributed by atoms with van der Waals surface area (Å²) in [5.41, 5.74) is 0. The van der Waals surface area contributed by atoms with Crippen molar-refractivity contribution in [1.82, 2.24) is 0 Å². The van der Waals surface area contributed by atoms with Gasteiger partial charge in [-0.05, 0) is 6.42 Å². The van der Waals surface area contributed by atoms with Gasteiger partial charge in [0.05, 0.1) is 0 Å². The summed E-state index contributed by atoms with van der Waals surface area (Å²) in [5.74, 6) is -0.808. The number of hydrogen-bond donors (Lipinski definition) is 2. The zero-order chi connectivity index (χ0) is 21.8. The van der Waals surface area contributed by atoms with E-state index in [1.807, 2.05) is 0 Å². The van der Waals surface area contributed by atoms with Crippen LogP contribution in [0, 0.1) is 0 Å². The van der Waals surface area contributed by atoms with Gasteiger partial charge in [-0.25, -0.2) is 4.57 Å². The fraction of sp³-hybridized carbons (Fsp3) is 0.952. The Balaban J connectivity index is 0. The Hall–Kier alpha value is 0.540. The Kier molecular flexibility index (Phi) is 24.8. The number of hydrogen-bond acceptors (Lipinski definition) is 6. The predicted molar refractivity (Wildman–Crippen MR) is 112 cm³/mol. The van der Waals surface area contributed by atoms with Crippen LogP contribution in [-0.2, 0) is 18.4 Å². The molecule has 0 fully saturated rings. The fourth-order valence-electron chi connectivity index (χ4n) is 3.07. The van der Waals surface area contributed by atoms with Crippen LogP contribution in [0.25, 0.3) is 0 Å². The van der Waals surface area contributed by atoms with E-state index in [2.05, 4.69) is 16.0 Å². The molecule has 0 aliphatic heterocycles. The standard InChI is InChI=1S/C21H42O7P.Na/c1-2-3-4-5-6-7-8-9-10-11-12-13-14-15-16-17-21(24)28-29(25,26)27-19-20(23)18-22;/h20,22H,2-19H2,1H3,(H,25,26);/q-1;+1. The molecule has 2 N–H and O–H groups in total.